The second kappa shape index (κ2) is 6.33. The van der Waals surface area contributed by atoms with Crippen LogP contribution in [0.2, 0.25) is 0 Å². The van der Waals surface area contributed by atoms with Crippen LogP contribution in [0.1, 0.15) is 16.1 Å². The lowest BCUT2D eigenvalue weighted by molar-refractivity contribution is -0.136. The van der Waals surface area contributed by atoms with Crippen molar-refractivity contribution in [3.8, 4) is 22.4 Å². The molecule has 24 heavy (non-hydrogen) atoms. The average molecular weight is 322 g/mol. The van der Waals surface area contributed by atoms with Gasteiger partial charge < -0.3 is 10.8 Å². The van der Waals surface area contributed by atoms with Crippen LogP contribution in [0.3, 0.4) is 0 Å². The molecule has 4 N–H and O–H groups in total. The molecule has 0 saturated heterocycles. The van der Waals surface area contributed by atoms with Crippen LogP contribution in [0.25, 0.3) is 22.4 Å². The summed E-state index contributed by atoms with van der Waals surface area (Å²) < 4.78 is 0. The Morgan fingerprint density at radius 3 is 2.38 bits per heavy atom. The van der Waals surface area contributed by atoms with Crippen molar-refractivity contribution in [3.05, 3.63) is 59.8 Å². The highest BCUT2D eigenvalue weighted by Crippen LogP contribution is 2.25. The van der Waals surface area contributed by atoms with Crippen LogP contribution >= 0.6 is 0 Å². The topological polar surface area (TPSA) is 122 Å². The molecule has 0 saturated carbocycles. The zero-order valence-electron chi connectivity index (χ0n) is 12.6. The highest BCUT2D eigenvalue weighted by Gasteiger charge is 2.15. The second-order valence-corrected chi connectivity index (χ2v) is 5.23. The lowest BCUT2D eigenvalue weighted by atomic mass is 9.99. The smallest absolute Gasteiger partial charge is 0.307 e. The Bertz CT molecular complexity index is 900. The number of hydrogen-bond acceptors (Lipinski definition) is 4. The number of nitrogens with one attached hydrogen (secondary N) is 1. The average Bonchev–Trinajstić information content (AvgIpc) is 3.04. The van der Waals surface area contributed by atoms with Crippen LogP contribution in [0.5, 0.6) is 0 Å². The lowest BCUT2D eigenvalue weighted by Crippen LogP contribution is -2.12. The quantitative estimate of drug-likeness (QED) is 0.662. The number of aromatic nitrogens is 3. The Hall–Kier alpha value is -3.48. The van der Waals surface area contributed by atoms with Crippen molar-refractivity contribution in [2.75, 3.05) is 0 Å². The third-order valence-electron chi connectivity index (χ3n) is 3.56. The first-order valence-corrected chi connectivity index (χ1v) is 7.16. The first-order valence-electron chi connectivity index (χ1n) is 7.16. The summed E-state index contributed by atoms with van der Waals surface area (Å²) in [5.41, 5.74) is 9.03. The Kier molecular flexibility index (Phi) is 4.07. The number of aromatic amines is 1. The summed E-state index contributed by atoms with van der Waals surface area (Å²) in [6, 6.07) is 14.7. The summed E-state index contributed by atoms with van der Waals surface area (Å²) in [6.07, 6.45) is -0.0210. The minimum Gasteiger partial charge on any atom is -0.481 e. The highest BCUT2D eigenvalue weighted by atomic mass is 16.4. The third kappa shape index (κ3) is 3.14. The number of amides is 1. The maximum atomic E-state index is 11.3. The largest absolute Gasteiger partial charge is 0.481 e. The Balaban J connectivity index is 1.91. The van der Waals surface area contributed by atoms with Crippen LogP contribution in [0.15, 0.2) is 48.5 Å². The van der Waals surface area contributed by atoms with Crippen LogP contribution in [0.4, 0.5) is 0 Å². The molecule has 1 amide bonds. The number of carbonyl (C=O) groups is 2. The van der Waals surface area contributed by atoms with Crippen LogP contribution in [-0.4, -0.2) is 32.4 Å². The maximum Gasteiger partial charge on any atom is 0.307 e. The van der Waals surface area contributed by atoms with Crippen molar-refractivity contribution in [3.63, 3.8) is 0 Å². The number of primary amides is 1. The van der Waals surface area contributed by atoms with E-state index in [1.54, 1.807) is 6.07 Å². The van der Waals surface area contributed by atoms with Gasteiger partial charge in [0, 0.05) is 5.56 Å². The number of nitrogens with two attached hydrogens (primary N) is 1. The molecule has 1 aromatic heterocycles. The number of H-pyrrole nitrogens is 1. The van der Waals surface area contributed by atoms with E-state index in [2.05, 4.69) is 15.4 Å². The van der Waals surface area contributed by atoms with E-state index in [0.29, 0.717) is 11.3 Å². The van der Waals surface area contributed by atoms with E-state index in [4.69, 9.17) is 10.8 Å². The van der Waals surface area contributed by atoms with E-state index in [9.17, 15) is 9.59 Å². The minimum absolute atomic E-state index is 0.0210. The molecule has 2 aromatic carbocycles. The number of aliphatic carboxylic acids is 1. The minimum atomic E-state index is -0.868. The molecule has 0 spiro atoms. The van der Waals surface area contributed by atoms with Gasteiger partial charge >= 0.3 is 5.97 Å². The Labute approximate surface area is 137 Å². The van der Waals surface area contributed by atoms with E-state index in [-0.39, 0.29) is 12.1 Å². The van der Waals surface area contributed by atoms with Gasteiger partial charge in [-0.2, -0.15) is 15.4 Å². The lowest BCUT2D eigenvalue weighted by Gasteiger charge is -2.05. The van der Waals surface area contributed by atoms with Gasteiger partial charge in [-0.15, -0.1) is 0 Å². The van der Waals surface area contributed by atoms with Crippen molar-refractivity contribution in [2.45, 2.75) is 6.42 Å². The van der Waals surface area contributed by atoms with Gasteiger partial charge in [0.2, 0.25) is 0 Å². The molecule has 0 fully saturated rings. The molecule has 1 heterocycles. The molecular formula is C17H14N4O3. The first-order chi connectivity index (χ1) is 11.5. The molecule has 0 atom stereocenters. The zero-order valence-corrected chi connectivity index (χ0v) is 12.6. The molecule has 0 aliphatic carbocycles. The van der Waals surface area contributed by atoms with Gasteiger partial charge in [0.25, 0.3) is 5.91 Å². The summed E-state index contributed by atoms with van der Waals surface area (Å²) in [6.45, 7) is 0. The second-order valence-electron chi connectivity index (χ2n) is 5.23. The molecule has 7 nitrogen and oxygen atoms in total. The molecule has 0 unspecified atom stereocenters. The molecular weight excluding hydrogens is 308 g/mol. The van der Waals surface area contributed by atoms with E-state index in [1.165, 1.54) is 0 Å². The van der Waals surface area contributed by atoms with Gasteiger partial charge in [0.05, 0.1) is 6.42 Å². The molecule has 120 valence electrons. The summed E-state index contributed by atoms with van der Waals surface area (Å²) >= 11 is 0. The van der Waals surface area contributed by atoms with E-state index < -0.39 is 11.9 Å². The summed E-state index contributed by atoms with van der Waals surface area (Å²) in [7, 11) is 0. The van der Waals surface area contributed by atoms with E-state index in [1.807, 2.05) is 42.5 Å². The SMILES string of the molecule is NC(=O)c1n[nH]nc1-c1ccc(-c2cccc(CC(=O)O)c2)cc1. The normalized spacial score (nSPS) is 10.5. The van der Waals surface area contributed by atoms with Gasteiger partial charge in [-0.3, -0.25) is 9.59 Å². The van der Waals surface area contributed by atoms with Gasteiger partial charge in [-0.1, -0.05) is 48.5 Å². The predicted octanol–water partition coefficient (Wildman–Crippen LogP) is 1.86. The fourth-order valence-electron chi connectivity index (χ4n) is 2.46. The molecule has 7 heteroatoms. The standard InChI is InChI=1S/C17H14N4O3/c18-17(24)16-15(19-21-20-16)12-6-4-11(5-7-12)13-3-1-2-10(8-13)9-14(22)23/h1-8H,9H2,(H2,18,24)(H,22,23)(H,19,20,21). The third-order valence-corrected chi connectivity index (χ3v) is 3.56. The van der Waals surface area contributed by atoms with Crippen molar-refractivity contribution in [1.82, 2.24) is 15.4 Å². The van der Waals surface area contributed by atoms with Crippen molar-refractivity contribution >= 4 is 11.9 Å². The Morgan fingerprint density at radius 2 is 1.71 bits per heavy atom. The van der Waals surface area contributed by atoms with Crippen LogP contribution in [0, 0.1) is 0 Å². The summed E-state index contributed by atoms with van der Waals surface area (Å²) in [4.78, 5) is 22.1. The molecule has 3 aromatic rings. The highest BCUT2D eigenvalue weighted by molar-refractivity contribution is 5.96. The number of carboxylic acids is 1. The summed E-state index contributed by atoms with van der Waals surface area (Å²) in [5, 5.41) is 19.0. The van der Waals surface area contributed by atoms with Gasteiger partial charge in [0.15, 0.2) is 5.69 Å². The number of carboxylic acid groups (broad SMARTS) is 1. The molecule has 3 rings (SSSR count). The molecule has 0 radical (unpaired) electrons. The van der Waals surface area contributed by atoms with Gasteiger partial charge in [0.1, 0.15) is 5.69 Å². The van der Waals surface area contributed by atoms with Crippen molar-refractivity contribution < 1.29 is 14.7 Å². The number of carbonyl (C=O) groups excluding carboxylic acids is 1. The molecule has 0 aliphatic rings. The number of benzene rings is 2. The van der Waals surface area contributed by atoms with Crippen LogP contribution < -0.4 is 5.73 Å². The number of hydrogen-bond donors (Lipinski definition) is 3. The number of rotatable bonds is 5. The van der Waals surface area contributed by atoms with E-state index in [0.717, 1.165) is 16.7 Å². The van der Waals surface area contributed by atoms with Gasteiger partial charge in [-0.25, -0.2) is 0 Å². The zero-order chi connectivity index (χ0) is 17.1. The van der Waals surface area contributed by atoms with Crippen molar-refractivity contribution in [1.29, 1.82) is 0 Å². The van der Waals surface area contributed by atoms with E-state index >= 15 is 0 Å². The maximum absolute atomic E-state index is 11.3. The fraction of sp³-hybridized carbons (Fsp3) is 0.0588. The number of nitrogens with zero attached hydrogens (tertiary/aromatic N) is 2. The molecule has 0 aliphatic heterocycles. The first kappa shape index (κ1) is 15.4. The Morgan fingerprint density at radius 1 is 1.00 bits per heavy atom. The van der Waals surface area contributed by atoms with Crippen LogP contribution in [-0.2, 0) is 11.2 Å². The van der Waals surface area contributed by atoms with Crippen molar-refractivity contribution in [2.24, 2.45) is 5.73 Å². The predicted molar refractivity (Wildman–Crippen MR) is 87.1 cm³/mol. The monoisotopic (exact) mass is 322 g/mol. The summed E-state index contributed by atoms with van der Waals surface area (Å²) in [5.74, 6) is -1.52. The fourth-order valence-corrected chi connectivity index (χ4v) is 2.46. The van der Waals surface area contributed by atoms with Gasteiger partial charge in [-0.05, 0) is 16.7 Å². The molecule has 0 bridgehead atoms.